The van der Waals surface area contributed by atoms with E-state index >= 15 is 0 Å². The summed E-state index contributed by atoms with van der Waals surface area (Å²) in [4.78, 5) is 0. The van der Waals surface area contributed by atoms with Crippen LogP contribution in [-0.4, -0.2) is 12.1 Å². The van der Waals surface area contributed by atoms with Gasteiger partial charge in [0.25, 0.3) is 0 Å². The standard InChI is InChI=1S/C18H29N/c1-3-7-16-10-12-18(13-11-16)19-15(2)14-17-8-5-4-6-9-17/h4-6,8-9,15-16,18-19H,3,7,10-14H2,1-2H3. The van der Waals surface area contributed by atoms with Gasteiger partial charge >= 0.3 is 0 Å². The summed E-state index contributed by atoms with van der Waals surface area (Å²) in [6.45, 7) is 4.64. The normalized spacial score (nSPS) is 25.2. The van der Waals surface area contributed by atoms with E-state index in [1.165, 1.54) is 44.1 Å². The first-order valence-electron chi connectivity index (χ1n) is 8.08. The van der Waals surface area contributed by atoms with E-state index in [2.05, 4.69) is 49.5 Å². The molecular formula is C18H29N. The Morgan fingerprint density at radius 3 is 2.42 bits per heavy atom. The van der Waals surface area contributed by atoms with Gasteiger partial charge in [0.05, 0.1) is 0 Å². The van der Waals surface area contributed by atoms with Gasteiger partial charge in [-0.1, -0.05) is 50.1 Å². The van der Waals surface area contributed by atoms with E-state index in [-0.39, 0.29) is 0 Å². The van der Waals surface area contributed by atoms with Gasteiger partial charge in [-0.2, -0.15) is 0 Å². The molecule has 1 aliphatic carbocycles. The molecule has 1 aromatic carbocycles. The van der Waals surface area contributed by atoms with E-state index in [1.54, 1.807) is 0 Å². The number of benzene rings is 1. The number of nitrogens with one attached hydrogen (secondary N) is 1. The van der Waals surface area contributed by atoms with Crippen molar-refractivity contribution in [2.24, 2.45) is 5.92 Å². The van der Waals surface area contributed by atoms with Gasteiger partial charge in [-0.25, -0.2) is 0 Å². The molecule has 1 aromatic rings. The summed E-state index contributed by atoms with van der Waals surface area (Å²) in [5, 5.41) is 3.83. The van der Waals surface area contributed by atoms with Crippen molar-refractivity contribution in [1.29, 1.82) is 0 Å². The molecule has 0 aliphatic heterocycles. The van der Waals surface area contributed by atoms with E-state index in [9.17, 15) is 0 Å². The van der Waals surface area contributed by atoms with Crippen molar-refractivity contribution in [3.05, 3.63) is 35.9 Å². The van der Waals surface area contributed by atoms with Gasteiger partial charge in [-0.15, -0.1) is 0 Å². The molecule has 0 spiro atoms. The molecule has 1 atom stereocenters. The molecule has 1 unspecified atom stereocenters. The lowest BCUT2D eigenvalue weighted by Gasteiger charge is -2.31. The Hall–Kier alpha value is -0.820. The van der Waals surface area contributed by atoms with Crippen LogP contribution >= 0.6 is 0 Å². The molecule has 19 heavy (non-hydrogen) atoms. The lowest BCUT2D eigenvalue weighted by molar-refractivity contribution is 0.265. The molecule has 1 N–H and O–H groups in total. The first-order valence-corrected chi connectivity index (χ1v) is 8.08. The van der Waals surface area contributed by atoms with Crippen molar-refractivity contribution in [2.75, 3.05) is 0 Å². The lowest BCUT2D eigenvalue weighted by atomic mass is 9.83. The molecule has 0 saturated heterocycles. The molecule has 2 rings (SSSR count). The number of hydrogen-bond acceptors (Lipinski definition) is 1. The molecule has 1 heteroatoms. The highest BCUT2D eigenvalue weighted by atomic mass is 14.9. The Morgan fingerprint density at radius 2 is 1.79 bits per heavy atom. The van der Waals surface area contributed by atoms with E-state index in [4.69, 9.17) is 0 Å². The van der Waals surface area contributed by atoms with Crippen LogP contribution in [0.15, 0.2) is 30.3 Å². The summed E-state index contributed by atoms with van der Waals surface area (Å²) < 4.78 is 0. The lowest BCUT2D eigenvalue weighted by Crippen LogP contribution is -2.40. The highest BCUT2D eigenvalue weighted by Crippen LogP contribution is 2.28. The van der Waals surface area contributed by atoms with Gasteiger partial charge in [0.2, 0.25) is 0 Å². The van der Waals surface area contributed by atoms with Crippen molar-refractivity contribution in [2.45, 2.75) is 70.9 Å². The Bertz CT molecular complexity index is 338. The van der Waals surface area contributed by atoms with Gasteiger partial charge in [0.1, 0.15) is 0 Å². The summed E-state index contributed by atoms with van der Waals surface area (Å²) in [6, 6.07) is 12.2. The second-order valence-electron chi connectivity index (χ2n) is 6.26. The minimum atomic E-state index is 0.593. The van der Waals surface area contributed by atoms with E-state index in [0.717, 1.165) is 18.4 Å². The number of hydrogen-bond donors (Lipinski definition) is 1. The molecule has 0 bridgehead atoms. The van der Waals surface area contributed by atoms with E-state index in [1.807, 2.05) is 0 Å². The summed E-state index contributed by atoms with van der Waals surface area (Å²) >= 11 is 0. The van der Waals surface area contributed by atoms with Crippen LogP contribution in [0.25, 0.3) is 0 Å². The third-order valence-corrected chi connectivity index (χ3v) is 4.45. The molecule has 1 nitrogen and oxygen atoms in total. The fourth-order valence-corrected chi connectivity index (χ4v) is 3.45. The monoisotopic (exact) mass is 259 g/mol. The molecule has 0 amide bonds. The third-order valence-electron chi connectivity index (χ3n) is 4.45. The van der Waals surface area contributed by atoms with Gasteiger partial charge in [-0.05, 0) is 50.5 Å². The maximum Gasteiger partial charge on any atom is 0.00817 e. The number of rotatable bonds is 6. The van der Waals surface area contributed by atoms with Crippen molar-refractivity contribution < 1.29 is 0 Å². The molecule has 0 radical (unpaired) electrons. The highest BCUT2D eigenvalue weighted by molar-refractivity contribution is 5.15. The minimum Gasteiger partial charge on any atom is -0.311 e. The average molecular weight is 259 g/mol. The maximum atomic E-state index is 3.83. The fourth-order valence-electron chi connectivity index (χ4n) is 3.45. The van der Waals surface area contributed by atoms with Crippen LogP contribution in [0.5, 0.6) is 0 Å². The summed E-state index contributed by atoms with van der Waals surface area (Å²) in [5.41, 5.74) is 1.45. The maximum absolute atomic E-state index is 3.83. The molecule has 1 fully saturated rings. The van der Waals surface area contributed by atoms with Gasteiger partial charge < -0.3 is 5.32 Å². The fraction of sp³-hybridized carbons (Fsp3) is 0.667. The van der Waals surface area contributed by atoms with Crippen molar-refractivity contribution in [3.63, 3.8) is 0 Å². The van der Waals surface area contributed by atoms with Crippen molar-refractivity contribution in [3.8, 4) is 0 Å². The van der Waals surface area contributed by atoms with Gasteiger partial charge in [-0.3, -0.25) is 0 Å². The van der Waals surface area contributed by atoms with Crippen LogP contribution in [0.4, 0.5) is 0 Å². The van der Waals surface area contributed by atoms with Crippen LogP contribution in [0.3, 0.4) is 0 Å². The smallest absolute Gasteiger partial charge is 0.00817 e. The molecule has 1 saturated carbocycles. The van der Waals surface area contributed by atoms with Crippen LogP contribution in [-0.2, 0) is 6.42 Å². The Morgan fingerprint density at radius 1 is 1.11 bits per heavy atom. The second kappa shape index (κ2) is 7.69. The zero-order chi connectivity index (χ0) is 13.5. The van der Waals surface area contributed by atoms with Crippen LogP contribution in [0.2, 0.25) is 0 Å². The van der Waals surface area contributed by atoms with E-state index < -0.39 is 0 Å². The first kappa shape index (κ1) is 14.6. The largest absolute Gasteiger partial charge is 0.311 e. The summed E-state index contributed by atoms with van der Waals surface area (Å²) in [6.07, 6.45) is 9.57. The zero-order valence-corrected chi connectivity index (χ0v) is 12.6. The molecule has 0 heterocycles. The molecule has 0 aromatic heterocycles. The summed E-state index contributed by atoms with van der Waals surface area (Å²) in [5.74, 6) is 1.01. The Labute approximate surface area is 118 Å². The third kappa shape index (κ3) is 4.99. The topological polar surface area (TPSA) is 12.0 Å². The average Bonchev–Trinajstić information content (AvgIpc) is 2.42. The van der Waals surface area contributed by atoms with Crippen molar-refractivity contribution in [1.82, 2.24) is 5.32 Å². The van der Waals surface area contributed by atoms with Crippen LogP contribution in [0, 0.1) is 5.92 Å². The van der Waals surface area contributed by atoms with Gasteiger partial charge in [0.15, 0.2) is 0 Å². The minimum absolute atomic E-state index is 0.593. The van der Waals surface area contributed by atoms with E-state index in [0.29, 0.717) is 6.04 Å². The Kier molecular flexibility index (Phi) is 5.91. The second-order valence-corrected chi connectivity index (χ2v) is 6.26. The quantitative estimate of drug-likeness (QED) is 0.789. The van der Waals surface area contributed by atoms with Gasteiger partial charge in [0, 0.05) is 12.1 Å². The molecule has 106 valence electrons. The van der Waals surface area contributed by atoms with Crippen LogP contribution in [0.1, 0.15) is 57.9 Å². The predicted octanol–water partition coefficient (Wildman–Crippen LogP) is 4.57. The predicted molar refractivity (Wildman–Crippen MR) is 83.4 cm³/mol. The summed E-state index contributed by atoms with van der Waals surface area (Å²) in [7, 11) is 0. The first-order chi connectivity index (χ1) is 9.28. The molecule has 1 aliphatic rings. The molecular weight excluding hydrogens is 230 g/mol. The zero-order valence-electron chi connectivity index (χ0n) is 12.6. The Balaban J connectivity index is 1.70. The highest BCUT2D eigenvalue weighted by Gasteiger charge is 2.21. The van der Waals surface area contributed by atoms with Crippen LogP contribution < -0.4 is 5.32 Å². The van der Waals surface area contributed by atoms with Crippen molar-refractivity contribution >= 4 is 0 Å². The SMILES string of the molecule is CCCC1CCC(NC(C)Cc2ccccc2)CC1.